The molecule has 3 aliphatic rings. The molecule has 1 N–H and O–H groups in total. The summed E-state index contributed by atoms with van der Waals surface area (Å²) < 4.78 is 8.14. The number of ether oxygens (including phenoxy) is 1. The van der Waals surface area contributed by atoms with Crippen molar-refractivity contribution in [1.82, 2.24) is 9.47 Å². The molecule has 2 aliphatic heterocycles. The van der Waals surface area contributed by atoms with Crippen LogP contribution in [0.25, 0.3) is 11.8 Å². The predicted octanol–water partition coefficient (Wildman–Crippen LogP) is 10.4. The molecule has 0 unspecified atom stereocenters. The molecule has 1 aliphatic carbocycles. The first kappa shape index (κ1) is 33.3. The largest absolute Gasteiger partial charge is 0.443 e. The van der Waals surface area contributed by atoms with Crippen LogP contribution in [0.2, 0.25) is 0 Å². The monoisotopic (exact) mass is 679 g/mol. The lowest BCUT2D eigenvalue weighted by Gasteiger charge is -2.30. The molecule has 0 fully saturated rings. The summed E-state index contributed by atoms with van der Waals surface area (Å²) in [5, 5.41) is 3.48. The van der Waals surface area contributed by atoms with E-state index in [1.807, 2.05) is 39.9 Å². The van der Waals surface area contributed by atoms with Crippen LogP contribution < -0.4 is 5.32 Å². The van der Waals surface area contributed by atoms with Crippen LogP contribution in [0.15, 0.2) is 114 Å². The maximum absolute atomic E-state index is 13.5. The Kier molecular flexibility index (Phi) is 9.16. The molecule has 46 heavy (non-hydrogen) atoms. The van der Waals surface area contributed by atoms with Gasteiger partial charge in [0.15, 0.2) is 0 Å². The number of benzene rings is 2. The van der Waals surface area contributed by atoms with E-state index >= 15 is 0 Å². The second-order valence-electron chi connectivity index (χ2n) is 14.2. The molecule has 3 aromatic rings. The maximum atomic E-state index is 13.5. The zero-order valence-corrected chi connectivity index (χ0v) is 30.1. The lowest BCUT2D eigenvalue weighted by Crippen LogP contribution is -2.34. The standard InChI is InChI=1S/C39H43N3O2.CH3Br/c1-37(2,3)44-36(43)41(8)34-27(23-26-19-21-40-32-15-11-9-13-30(32)38(4,5)25-26)17-18-28(34)24-29-20-22-42-33-16-12-10-14-31(33)39(6,7)35(29)42;1-2/h9-24,40H,25H2,1-8H3;1H3/b21-19-,26-23+,28-24+;. The average molecular weight is 681 g/mol. The number of aromatic nitrogens is 1. The van der Waals surface area contributed by atoms with Crippen LogP contribution in [0.4, 0.5) is 10.5 Å². The molecular weight excluding hydrogens is 634 g/mol. The zero-order valence-electron chi connectivity index (χ0n) is 28.5. The lowest BCUT2D eigenvalue weighted by atomic mass is 9.77. The third-order valence-electron chi connectivity index (χ3n) is 8.83. The van der Waals surface area contributed by atoms with Crippen molar-refractivity contribution < 1.29 is 9.53 Å². The fraction of sp³-hybridized carbons (Fsp3) is 0.325. The number of hydrogen-bond donors (Lipinski definition) is 1. The molecule has 0 saturated heterocycles. The minimum absolute atomic E-state index is 0.0907. The molecule has 0 spiro atoms. The number of hydrogen-bond acceptors (Lipinski definition) is 3. The Morgan fingerprint density at radius 1 is 0.935 bits per heavy atom. The number of nitrogens with zero attached hydrogens (tertiary/aromatic N) is 2. The number of rotatable bonds is 3. The van der Waals surface area contributed by atoms with Crippen molar-refractivity contribution in [1.29, 1.82) is 0 Å². The van der Waals surface area contributed by atoms with Crippen molar-refractivity contribution in [3.63, 3.8) is 0 Å². The number of carbonyl (C=O) groups excluding carboxylic acids is 1. The summed E-state index contributed by atoms with van der Waals surface area (Å²) >= 11 is 2.94. The van der Waals surface area contributed by atoms with E-state index in [0.29, 0.717) is 0 Å². The predicted molar refractivity (Wildman–Crippen MR) is 196 cm³/mol. The van der Waals surface area contributed by atoms with Crippen molar-refractivity contribution in [2.24, 2.45) is 0 Å². The molecule has 0 saturated carbocycles. The van der Waals surface area contributed by atoms with E-state index in [-0.39, 0.29) is 16.9 Å². The summed E-state index contributed by atoms with van der Waals surface area (Å²) in [6, 6.07) is 19.3. The van der Waals surface area contributed by atoms with E-state index in [0.717, 1.165) is 34.5 Å². The van der Waals surface area contributed by atoms with Gasteiger partial charge in [0.2, 0.25) is 0 Å². The second-order valence-corrected chi connectivity index (χ2v) is 14.2. The SMILES string of the molecule is CBr.CN(C(=O)OC(C)(C)C)C1=C(/C=C2\C=C/Nc3ccccc3C(C)(C)C2)C=C/C1=C\c1ccn2c1C(C)(C)c1ccccc1-2. The van der Waals surface area contributed by atoms with E-state index in [1.165, 1.54) is 28.1 Å². The maximum Gasteiger partial charge on any atom is 0.414 e. The van der Waals surface area contributed by atoms with Crippen molar-refractivity contribution in [2.75, 3.05) is 18.2 Å². The van der Waals surface area contributed by atoms with Gasteiger partial charge in [0, 0.05) is 41.9 Å². The van der Waals surface area contributed by atoms with Gasteiger partial charge in [-0.3, -0.25) is 4.90 Å². The van der Waals surface area contributed by atoms with Crippen LogP contribution in [-0.2, 0) is 15.6 Å². The highest BCUT2D eigenvalue weighted by molar-refractivity contribution is 9.08. The topological polar surface area (TPSA) is 46.5 Å². The van der Waals surface area contributed by atoms with Crippen LogP contribution in [0.5, 0.6) is 0 Å². The normalized spacial score (nSPS) is 19.7. The van der Waals surface area contributed by atoms with E-state index in [1.54, 1.807) is 4.90 Å². The first-order valence-electron chi connectivity index (χ1n) is 15.8. The van der Waals surface area contributed by atoms with Gasteiger partial charge in [-0.05, 0) is 108 Å². The molecule has 0 atom stereocenters. The first-order valence-corrected chi connectivity index (χ1v) is 17.4. The van der Waals surface area contributed by atoms with Crippen LogP contribution in [0.1, 0.15) is 77.3 Å². The average Bonchev–Trinajstić information content (AvgIpc) is 3.66. The highest BCUT2D eigenvalue weighted by atomic mass is 79.9. The van der Waals surface area contributed by atoms with Gasteiger partial charge < -0.3 is 14.6 Å². The van der Waals surface area contributed by atoms with Crippen molar-refractivity contribution in [2.45, 2.75) is 71.3 Å². The number of amides is 1. The number of allylic oxidation sites excluding steroid dienone is 6. The minimum Gasteiger partial charge on any atom is -0.443 e. The molecule has 6 rings (SSSR count). The Labute approximate surface area is 283 Å². The van der Waals surface area contributed by atoms with Crippen LogP contribution in [-0.4, -0.2) is 34.0 Å². The summed E-state index contributed by atoms with van der Waals surface area (Å²) in [4.78, 5) is 15.1. The highest BCUT2D eigenvalue weighted by Crippen LogP contribution is 2.46. The molecule has 0 radical (unpaired) electrons. The Hall–Kier alpha value is -4.03. The zero-order chi connectivity index (χ0) is 33.4. The minimum atomic E-state index is -0.606. The molecule has 0 bridgehead atoms. The van der Waals surface area contributed by atoms with Gasteiger partial charge in [-0.1, -0.05) is 92.2 Å². The Morgan fingerprint density at radius 3 is 2.33 bits per heavy atom. The molecule has 1 amide bonds. The van der Waals surface area contributed by atoms with Crippen molar-refractivity contribution in [3.8, 4) is 5.69 Å². The number of nitrogens with one attached hydrogen (secondary N) is 1. The summed E-state index contributed by atoms with van der Waals surface area (Å²) in [7, 11) is 1.81. The molecule has 3 heterocycles. The number of anilines is 1. The van der Waals surface area contributed by atoms with Gasteiger partial charge in [0.05, 0.1) is 5.70 Å². The van der Waals surface area contributed by atoms with Gasteiger partial charge in [-0.15, -0.1) is 0 Å². The van der Waals surface area contributed by atoms with E-state index in [2.05, 4.69) is 145 Å². The number of likely N-dealkylation sites (N-methyl/N-ethyl adjacent to an activating group) is 1. The molecule has 1 aromatic heterocycles. The Bertz CT molecular complexity index is 1810. The number of alkyl halides is 1. The van der Waals surface area contributed by atoms with Gasteiger partial charge in [0.1, 0.15) is 5.60 Å². The smallest absolute Gasteiger partial charge is 0.414 e. The number of fused-ring (bicyclic) bond motifs is 4. The third kappa shape index (κ3) is 6.32. The third-order valence-corrected chi connectivity index (χ3v) is 8.83. The number of carbonyl (C=O) groups is 1. The molecular formula is C40H46BrN3O2. The summed E-state index contributed by atoms with van der Waals surface area (Å²) in [6.07, 6.45) is 15.4. The lowest BCUT2D eigenvalue weighted by molar-refractivity contribution is 0.0357. The quantitative estimate of drug-likeness (QED) is 0.280. The van der Waals surface area contributed by atoms with E-state index < -0.39 is 5.60 Å². The van der Waals surface area contributed by atoms with Crippen molar-refractivity contribution in [3.05, 3.63) is 136 Å². The van der Waals surface area contributed by atoms with Crippen LogP contribution in [0.3, 0.4) is 0 Å². The van der Waals surface area contributed by atoms with Gasteiger partial charge in [-0.2, -0.15) is 0 Å². The Morgan fingerprint density at radius 2 is 1.61 bits per heavy atom. The molecule has 5 nitrogen and oxygen atoms in total. The van der Waals surface area contributed by atoms with Crippen LogP contribution in [0, 0.1) is 0 Å². The van der Waals surface area contributed by atoms with E-state index in [4.69, 9.17) is 4.74 Å². The van der Waals surface area contributed by atoms with Gasteiger partial charge >= 0.3 is 6.09 Å². The number of halogens is 1. The molecule has 240 valence electrons. The Balaban J connectivity index is 0.00000204. The second kappa shape index (κ2) is 12.6. The summed E-state index contributed by atoms with van der Waals surface area (Å²) in [6.45, 7) is 14.8. The fourth-order valence-electron chi connectivity index (χ4n) is 6.88. The summed E-state index contributed by atoms with van der Waals surface area (Å²) in [5.74, 6) is 1.81. The van der Waals surface area contributed by atoms with E-state index in [9.17, 15) is 4.79 Å². The molecule has 2 aromatic carbocycles. The van der Waals surface area contributed by atoms with Crippen molar-refractivity contribution >= 4 is 33.8 Å². The van der Waals surface area contributed by atoms with Gasteiger partial charge in [0.25, 0.3) is 0 Å². The first-order chi connectivity index (χ1) is 21.8. The summed E-state index contributed by atoms with van der Waals surface area (Å²) in [5.41, 5.74) is 10.5. The van der Waals surface area contributed by atoms with Gasteiger partial charge in [-0.25, -0.2) is 4.79 Å². The highest BCUT2D eigenvalue weighted by Gasteiger charge is 2.38. The van der Waals surface area contributed by atoms with Crippen LogP contribution >= 0.6 is 15.9 Å². The molecule has 6 heteroatoms. The fourth-order valence-corrected chi connectivity index (χ4v) is 6.88. The number of para-hydroxylation sites is 2.